The monoisotopic (exact) mass is 348 g/mol. The average Bonchev–Trinajstić information content (AvgIpc) is 1.00. The fourth-order valence-electron chi connectivity index (χ4n) is 0. The van der Waals surface area contributed by atoms with Crippen LogP contribution in [-0.4, -0.2) is 0 Å². The van der Waals surface area contributed by atoms with Crippen molar-refractivity contribution in [3.63, 3.8) is 0 Å². The number of rotatable bonds is 0. The summed E-state index contributed by atoms with van der Waals surface area (Å²) < 4.78 is 8.44. The first-order valence-electron chi connectivity index (χ1n) is 0.289. The van der Waals surface area contributed by atoms with E-state index in [-0.39, 0.29) is 58.9 Å². The molecule has 0 spiro atoms. The molecule has 2 nitrogen and oxygen atoms in total. The Morgan fingerprint density at radius 1 is 1.25 bits per heavy atom. The van der Waals surface area contributed by atoms with E-state index in [0.29, 0.717) is 0 Å². The van der Waals surface area contributed by atoms with E-state index in [4.69, 9.17) is 2.64 Å². The van der Waals surface area contributed by atoms with Crippen LogP contribution in [0, 0.1) is 0 Å². The minimum absolute atomic E-state index is 0. The second-order valence-corrected chi connectivity index (χ2v) is 0. The Labute approximate surface area is 60.9 Å². The summed E-state index contributed by atoms with van der Waals surface area (Å²) in [5.74, 6) is 0. The zero-order valence-corrected chi connectivity index (χ0v) is 11.8. The maximum atomic E-state index is 8.44. The molecule has 0 aliphatic rings. The van der Waals surface area contributed by atoms with Crippen molar-refractivity contribution in [2.45, 2.75) is 0 Å². The quantitative estimate of drug-likeness (QED) is 0.559. The van der Waals surface area contributed by atoms with E-state index >= 15 is 0 Å². The van der Waals surface area contributed by atoms with E-state index in [1.54, 1.807) is 0 Å². The molecule has 0 N–H and O–H groups in total. The summed E-state index contributed by atoms with van der Waals surface area (Å²) in [5, 5.41) is 0. The molecular weight excluding hydrogens is 345 g/mol. The van der Waals surface area contributed by atoms with Gasteiger partial charge >= 0.3 is 56.1 Å². The van der Waals surface area contributed by atoms with Crippen molar-refractivity contribution >= 4 is 0 Å². The fraction of sp³-hybridized carbons (Fsp3) is 0. The molecular formula is CdHgO2. The van der Waals surface area contributed by atoms with Gasteiger partial charge in [0.1, 0.15) is 0 Å². The molecule has 0 aromatic heterocycles. The predicted molar refractivity (Wildman–Crippen MR) is 1.37 cm³/mol. The molecule has 0 saturated heterocycles. The van der Waals surface area contributed by atoms with Crippen LogP contribution in [0.3, 0.4) is 0 Å². The molecule has 0 fully saturated rings. The normalized spacial score (nSPS) is 1.50. The summed E-state index contributed by atoms with van der Waals surface area (Å²) in [6.45, 7) is 0. The van der Waals surface area contributed by atoms with E-state index in [0.717, 1.165) is 0 Å². The van der Waals surface area contributed by atoms with Crippen molar-refractivity contribution in [1.29, 1.82) is 0 Å². The van der Waals surface area contributed by atoms with Gasteiger partial charge in [0.05, 0.1) is 0 Å². The van der Waals surface area contributed by atoms with Gasteiger partial charge in [0.15, 0.2) is 0 Å². The van der Waals surface area contributed by atoms with Gasteiger partial charge in [0.25, 0.3) is 0 Å². The van der Waals surface area contributed by atoms with Crippen LogP contribution in [0.5, 0.6) is 0 Å². The van der Waals surface area contributed by atoms with Gasteiger partial charge < -0.3 is 5.48 Å². The molecule has 0 bridgehead atoms. The Bertz CT molecular complexity index is 6.00. The maximum absolute atomic E-state index is 8.44. The van der Waals surface area contributed by atoms with E-state index in [9.17, 15) is 0 Å². The summed E-state index contributed by atoms with van der Waals surface area (Å²) >= 11 is -0.222. The Balaban J connectivity index is -0.00000000500. The first kappa shape index (κ1) is 17.5. The molecule has 4 heavy (non-hydrogen) atoms. The molecule has 0 unspecified atom stereocenters. The molecule has 0 radical (unpaired) electrons. The molecule has 0 amide bonds. The second kappa shape index (κ2) is 23.1. The number of hydrogen-bond acceptors (Lipinski definition) is 1. The van der Waals surface area contributed by atoms with Gasteiger partial charge in [0.2, 0.25) is 0 Å². The van der Waals surface area contributed by atoms with Gasteiger partial charge in [0, 0.05) is 0 Å². The van der Waals surface area contributed by atoms with Crippen LogP contribution in [0.25, 0.3) is 0 Å². The average molecular weight is 345 g/mol. The van der Waals surface area contributed by atoms with Crippen LogP contribution in [0.1, 0.15) is 0 Å². The Morgan fingerprint density at radius 2 is 1.25 bits per heavy atom. The molecule has 16 valence electrons. The minimum atomic E-state index is -0.222. The first-order valence-corrected chi connectivity index (χ1v) is 2.53. The number of hydrogen-bond donors (Lipinski definition) is 0. The molecule has 0 aromatic carbocycles. The van der Waals surface area contributed by atoms with E-state index in [2.05, 4.69) is 0 Å². The van der Waals surface area contributed by atoms with E-state index in [1.165, 1.54) is 0 Å². The summed E-state index contributed by atoms with van der Waals surface area (Å²) in [7, 11) is 0. The van der Waals surface area contributed by atoms with E-state index < -0.39 is 0 Å². The zero-order chi connectivity index (χ0) is 2.00. The van der Waals surface area contributed by atoms with Gasteiger partial charge in [-0.3, -0.25) is 0 Å². The van der Waals surface area contributed by atoms with Crippen molar-refractivity contribution in [3.8, 4) is 0 Å². The summed E-state index contributed by atoms with van der Waals surface area (Å²) in [6, 6.07) is 0. The molecule has 0 aliphatic carbocycles. The predicted octanol–water partition coefficient (Wildman–Crippen LogP) is -0.243. The van der Waals surface area contributed by atoms with Gasteiger partial charge in [-0.25, -0.2) is 0 Å². The van der Waals surface area contributed by atoms with Crippen LogP contribution in [0.4, 0.5) is 0 Å². The van der Waals surface area contributed by atoms with Crippen molar-refractivity contribution in [1.82, 2.24) is 0 Å². The molecule has 0 saturated carbocycles. The van der Waals surface area contributed by atoms with Crippen molar-refractivity contribution in [2.75, 3.05) is 0 Å². The third-order valence-corrected chi connectivity index (χ3v) is 0. The van der Waals surface area contributed by atoms with Crippen LogP contribution in [-0.2, 0) is 61.6 Å². The van der Waals surface area contributed by atoms with Gasteiger partial charge in [-0.1, -0.05) is 0 Å². The molecule has 0 aliphatic heterocycles. The summed E-state index contributed by atoms with van der Waals surface area (Å²) in [4.78, 5) is 0. The van der Waals surface area contributed by atoms with Crippen LogP contribution in [0.2, 0.25) is 0 Å². The van der Waals surface area contributed by atoms with Crippen molar-refractivity contribution in [3.05, 3.63) is 0 Å². The Morgan fingerprint density at radius 3 is 1.25 bits per heavy atom. The van der Waals surface area contributed by atoms with Gasteiger partial charge in [-0.2, -0.15) is 0 Å². The van der Waals surface area contributed by atoms with Crippen LogP contribution >= 0.6 is 0 Å². The SMILES string of the molecule is [Cd+2].[O-2].[O]=[Hg]. The third-order valence-electron chi connectivity index (χ3n) is 0. The fourth-order valence-corrected chi connectivity index (χ4v) is 0. The Hall–Kier alpha value is 1.62. The molecule has 0 rings (SSSR count). The van der Waals surface area contributed by atoms with Gasteiger partial charge in [-0.15, -0.1) is 0 Å². The first-order chi connectivity index (χ1) is 1.00. The molecule has 0 heterocycles. The summed E-state index contributed by atoms with van der Waals surface area (Å²) in [5.41, 5.74) is 0. The van der Waals surface area contributed by atoms with Crippen molar-refractivity contribution in [2.24, 2.45) is 0 Å². The van der Waals surface area contributed by atoms with Gasteiger partial charge in [-0.05, 0) is 0 Å². The Kier molecular flexibility index (Phi) is 101. The second-order valence-electron chi connectivity index (χ2n) is 0. The standard InChI is InChI=1S/Cd.Hg.2O/q+2;;;-2. The molecule has 0 aromatic rings. The molecule has 4 heteroatoms. The zero-order valence-electron chi connectivity index (χ0n) is 2.23. The molecule has 0 atom stereocenters. The van der Waals surface area contributed by atoms with Crippen molar-refractivity contribution < 1.29 is 61.6 Å². The van der Waals surface area contributed by atoms with Crippen LogP contribution in [0.15, 0.2) is 0 Å². The summed E-state index contributed by atoms with van der Waals surface area (Å²) in [6.07, 6.45) is 0. The third kappa shape index (κ3) is 9.47. The topological polar surface area (TPSA) is 45.6 Å². The van der Waals surface area contributed by atoms with E-state index in [1.807, 2.05) is 0 Å². The van der Waals surface area contributed by atoms with Crippen LogP contribution < -0.4 is 0 Å².